The highest BCUT2D eigenvalue weighted by molar-refractivity contribution is 9.10. The average Bonchev–Trinajstić information content (AvgIpc) is 2.58. The molecule has 3 N–H and O–H groups in total. The molecular formula is C17H19BrN2O4S2. The van der Waals surface area contributed by atoms with Crippen molar-refractivity contribution in [1.29, 1.82) is 0 Å². The van der Waals surface area contributed by atoms with Gasteiger partial charge in [0.1, 0.15) is 5.75 Å². The number of sulfonamides is 1. The first-order chi connectivity index (χ1) is 12.3. The van der Waals surface area contributed by atoms with E-state index in [2.05, 4.69) is 21.2 Å². The molecule has 2 rings (SSSR count). The monoisotopic (exact) mass is 458 g/mol. The number of hydrogen-bond donors (Lipinski definition) is 2. The SMILES string of the molecule is COc1ccc(CSCCC(=O)Nc2ccc(S(N)(=O)=O)cc2)cc1Br. The van der Waals surface area contributed by atoms with Crippen LogP contribution in [-0.2, 0) is 20.6 Å². The maximum absolute atomic E-state index is 12.0. The van der Waals surface area contributed by atoms with Crippen LogP contribution in [0, 0.1) is 0 Å². The molecule has 1 amide bonds. The van der Waals surface area contributed by atoms with Crippen LogP contribution in [0.2, 0.25) is 0 Å². The Morgan fingerprint density at radius 2 is 1.92 bits per heavy atom. The minimum absolute atomic E-state index is 0.0108. The molecule has 0 aliphatic rings. The van der Waals surface area contributed by atoms with Gasteiger partial charge in [0.25, 0.3) is 0 Å². The summed E-state index contributed by atoms with van der Waals surface area (Å²) in [6.45, 7) is 0. The number of carbonyl (C=O) groups excluding carboxylic acids is 1. The van der Waals surface area contributed by atoms with Crippen molar-refractivity contribution in [2.45, 2.75) is 17.1 Å². The lowest BCUT2D eigenvalue weighted by atomic mass is 10.2. The molecule has 0 saturated carbocycles. The fourth-order valence-electron chi connectivity index (χ4n) is 2.11. The molecule has 0 fully saturated rings. The quantitative estimate of drug-likeness (QED) is 0.590. The summed E-state index contributed by atoms with van der Waals surface area (Å²) in [5, 5.41) is 7.77. The fourth-order valence-corrected chi connectivity index (χ4v) is 4.10. The van der Waals surface area contributed by atoms with E-state index in [1.165, 1.54) is 24.3 Å². The lowest BCUT2D eigenvalue weighted by molar-refractivity contribution is -0.115. The third kappa shape index (κ3) is 6.31. The van der Waals surface area contributed by atoms with E-state index in [1.54, 1.807) is 18.9 Å². The Balaban J connectivity index is 1.76. The van der Waals surface area contributed by atoms with Crippen molar-refractivity contribution in [2.75, 3.05) is 18.2 Å². The fraction of sp³-hybridized carbons (Fsp3) is 0.235. The predicted octanol–water partition coefficient (Wildman–Crippen LogP) is 3.37. The van der Waals surface area contributed by atoms with Gasteiger partial charge < -0.3 is 10.1 Å². The molecule has 0 unspecified atom stereocenters. The third-order valence-electron chi connectivity index (χ3n) is 3.43. The molecule has 0 aromatic heterocycles. The van der Waals surface area contributed by atoms with Gasteiger partial charge >= 0.3 is 0 Å². The molecule has 6 nitrogen and oxygen atoms in total. The van der Waals surface area contributed by atoms with Gasteiger partial charge in [-0.05, 0) is 57.9 Å². The summed E-state index contributed by atoms with van der Waals surface area (Å²) in [5.41, 5.74) is 1.67. The Kier molecular flexibility index (Phi) is 7.51. The molecule has 0 spiro atoms. The number of nitrogens with two attached hydrogens (primary N) is 1. The number of ether oxygens (including phenoxy) is 1. The lowest BCUT2D eigenvalue weighted by Crippen LogP contribution is -2.14. The summed E-state index contributed by atoms with van der Waals surface area (Å²) in [4.78, 5) is 12.0. The highest BCUT2D eigenvalue weighted by atomic mass is 79.9. The first-order valence-electron chi connectivity index (χ1n) is 7.62. The van der Waals surface area contributed by atoms with E-state index in [4.69, 9.17) is 9.88 Å². The van der Waals surface area contributed by atoms with Crippen LogP contribution in [0.3, 0.4) is 0 Å². The average molecular weight is 459 g/mol. The van der Waals surface area contributed by atoms with E-state index in [1.807, 2.05) is 18.2 Å². The maximum atomic E-state index is 12.0. The first-order valence-corrected chi connectivity index (χ1v) is 11.1. The Labute approximate surface area is 165 Å². The van der Waals surface area contributed by atoms with Gasteiger partial charge in [-0.3, -0.25) is 4.79 Å². The number of anilines is 1. The van der Waals surface area contributed by atoms with Crippen molar-refractivity contribution in [1.82, 2.24) is 0 Å². The number of nitrogens with one attached hydrogen (secondary N) is 1. The molecule has 0 saturated heterocycles. The Morgan fingerprint density at radius 1 is 1.23 bits per heavy atom. The van der Waals surface area contributed by atoms with Crippen LogP contribution in [0.5, 0.6) is 5.75 Å². The maximum Gasteiger partial charge on any atom is 0.238 e. The molecule has 0 atom stereocenters. The molecular weight excluding hydrogens is 440 g/mol. The van der Waals surface area contributed by atoms with Crippen molar-refractivity contribution in [3.05, 3.63) is 52.5 Å². The highest BCUT2D eigenvalue weighted by Gasteiger charge is 2.08. The van der Waals surface area contributed by atoms with Crippen molar-refractivity contribution in [3.8, 4) is 5.75 Å². The smallest absolute Gasteiger partial charge is 0.238 e. The summed E-state index contributed by atoms with van der Waals surface area (Å²) in [5.74, 6) is 2.12. The molecule has 0 bridgehead atoms. The summed E-state index contributed by atoms with van der Waals surface area (Å²) in [6.07, 6.45) is 0.360. The van der Waals surface area contributed by atoms with Gasteiger partial charge in [0, 0.05) is 23.6 Å². The van der Waals surface area contributed by atoms with Crippen molar-refractivity contribution in [2.24, 2.45) is 5.14 Å². The minimum atomic E-state index is -3.73. The molecule has 2 aromatic carbocycles. The number of thioether (sulfide) groups is 1. The van der Waals surface area contributed by atoms with Crippen LogP contribution in [0.15, 0.2) is 51.8 Å². The zero-order chi connectivity index (χ0) is 19.2. The number of methoxy groups -OCH3 is 1. The molecule has 0 heterocycles. The second-order valence-electron chi connectivity index (χ2n) is 5.39. The summed E-state index contributed by atoms with van der Waals surface area (Å²) >= 11 is 5.10. The molecule has 9 heteroatoms. The first kappa shape index (κ1) is 20.8. The molecule has 0 radical (unpaired) electrons. The van der Waals surface area contributed by atoms with Crippen molar-refractivity contribution < 1.29 is 17.9 Å². The topological polar surface area (TPSA) is 98.5 Å². The van der Waals surface area contributed by atoms with Gasteiger partial charge in [-0.2, -0.15) is 11.8 Å². The summed E-state index contributed by atoms with van der Waals surface area (Å²) in [7, 11) is -2.11. The van der Waals surface area contributed by atoms with E-state index in [9.17, 15) is 13.2 Å². The summed E-state index contributed by atoms with van der Waals surface area (Å²) in [6, 6.07) is 11.6. The van der Waals surface area contributed by atoms with Crippen molar-refractivity contribution >= 4 is 49.3 Å². The van der Waals surface area contributed by atoms with Crippen LogP contribution in [0.1, 0.15) is 12.0 Å². The normalized spacial score (nSPS) is 11.2. The van der Waals surface area contributed by atoms with Crippen LogP contribution in [0.4, 0.5) is 5.69 Å². The van der Waals surface area contributed by atoms with E-state index < -0.39 is 10.0 Å². The second-order valence-corrected chi connectivity index (χ2v) is 8.91. The molecule has 0 aliphatic carbocycles. The lowest BCUT2D eigenvalue weighted by Gasteiger charge is -2.07. The molecule has 140 valence electrons. The molecule has 2 aromatic rings. The van der Waals surface area contributed by atoms with Gasteiger partial charge in [0.2, 0.25) is 15.9 Å². The third-order valence-corrected chi connectivity index (χ3v) is 6.00. The summed E-state index contributed by atoms with van der Waals surface area (Å²) < 4.78 is 28.5. The highest BCUT2D eigenvalue weighted by Crippen LogP contribution is 2.27. The van der Waals surface area contributed by atoms with E-state index in [0.29, 0.717) is 17.9 Å². The predicted molar refractivity (Wildman–Crippen MR) is 108 cm³/mol. The van der Waals surface area contributed by atoms with Gasteiger partial charge in [-0.1, -0.05) is 6.07 Å². The zero-order valence-electron chi connectivity index (χ0n) is 14.1. The number of carbonyl (C=O) groups is 1. The number of benzene rings is 2. The van der Waals surface area contributed by atoms with Gasteiger partial charge in [-0.25, -0.2) is 13.6 Å². The number of halogens is 1. The van der Waals surface area contributed by atoms with Gasteiger partial charge in [0.15, 0.2) is 0 Å². The van der Waals surface area contributed by atoms with Crippen LogP contribution < -0.4 is 15.2 Å². The number of rotatable bonds is 8. The number of amides is 1. The molecule has 0 aliphatic heterocycles. The molecule has 26 heavy (non-hydrogen) atoms. The second kappa shape index (κ2) is 9.40. The van der Waals surface area contributed by atoms with Gasteiger partial charge in [-0.15, -0.1) is 0 Å². The van der Waals surface area contributed by atoms with Crippen LogP contribution >= 0.6 is 27.7 Å². The van der Waals surface area contributed by atoms with Crippen LogP contribution in [0.25, 0.3) is 0 Å². The van der Waals surface area contributed by atoms with Crippen LogP contribution in [-0.4, -0.2) is 27.2 Å². The zero-order valence-corrected chi connectivity index (χ0v) is 17.3. The Hall–Kier alpha value is -1.55. The minimum Gasteiger partial charge on any atom is -0.496 e. The van der Waals surface area contributed by atoms with Crippen molar-refractivity contribution in [3.63, 3.8) is 0 Å². The van der Waals surface area contributed by atoms with E-state index in [-0.39, 0.29) is 10.8 Å². The number of hydrogen-bond acceptors (Lipinski definition) is 5. The largest absolute Gasteiger partial charge is 0.496 e. The Bertz CT molecular complexity index is 871. The number of primary sulfonamides is 1. The van der Waals surface area contributed by atoms with E-state index in [0.717, 1.165) is 21.5 Å². The Morgan fingerprint density at radius 3 is 2.50 bits per heavy atom. The standard InChI is InChI=1S/C17H19BrN2O4S2/c1-24-16-7-2-12(10-15(16)18)11-25-9-8-17(21)20-13-3-5-14(6-4-13)26(19,22)23/h2-7,10H,8-9,11H2,1H3,(H,20,21)(H2,19,22,23). The van der Waals surface area contributed by atoms with Gasteiger partial charge in [0.05, 0.1) is 16.5 Å². The van der Waals surface area contributed by atoms with E-state index >= 15 is 0 Å².